The Bertz CT molecular complexity index is 1090. The number of hydrogen-bond acceptors (Lipinski definition) is 4. The Labute approximate surface area is 156 Å². The Balaban J connectivity index is 2.31. The first kappa shape index (κ1) is 19.5. The van der Waals surface area contributed by atoms with Crippen LogP contribution in [0, 0.1) is 5.82 Å². The summed E-state index contributed by atoms with van der Waals surface area (Å²) in [5.41, 5.74) is -2.50. The van der Waals surface area contributed by atoms with Crippen molar-refractivity contribution in [3.05, 3.63) is 75.6 Å². The van der Waals surface area contributed by atoms with E-state index in [1.165, 1.54) is 10.8 Å². The fourth-order valence-corrected chi connectivity index (χ4v) is 2.78. The monoisotopic (exact) mass is 394 g/mol. The van der Waals surface area contributed by atoms with Gasteiger partial charge in [0.05, 0.1) is 29.9 Å². The molecule has 1 aromatic carbocycles. The minimum absolute atomic E-state index is 0.00206. The number of aromatic nitrogens is 2. The lowest BCUT2D eigenvalue weighted by molar-refractivity contribution is -0.139. The van der Waals surface area contributed by atoms with Crippen molar-refractivity contribution in [2.75, 3.05) is 6.61 Å². The van der Waals surface area contributed by atoms with E-state index in [4.69, 9.17) is 4.74 Å². The number of pyridine rings is 2. The van der Waals surface area contributed by atoms with Gasteiger partial charge in [0.15, 0.2) is 0 Å². The Hall–Kier alpha value is -3.23. The Kier molecular flexibility index (Phi) is 5.17. The van der Waals surface area contributed by atoms with Crippen molar-refractivity contribution in [3.8, 4) is 0 Å². The van der Waals surface area contributed by atoms with Crippen molar-refractivity contribution in [2.45, 2.75) is 19.6 Å². The van der Waals surface area contributed by atoms with Crippen LogP contribution < -0.4 is 5.43 Å². The molecule has 0 N–H and O–H groups in total. The van der Waals surface area contributed by atoms with Crippen molar-refractivity contribution < 1.29 is 27.1 Å². The molecule has 5 nitrogen and oxygen atoms in total. The van der Waals surface area contributed by atoms with E-state index >= 15 is 0 Å². The van der Waals surface area contributed by atoms with E-state index in [1.54, 1.807) is 25.1 Å². The van der Waals surface area contributed by atoms with Crippen LogP contribution in [-0.4, -0.2) is 22.1 Å². The maximum atomic E-state index is 14.0. The number of rotatable bonds is 4. The number of ether oxygens (including phenoxy) is 1. The highest BCUT2D eigenvalue weighted by molar-refractivity contribution is 5.94. The van der Waals surface area contributed by atoms with Crippen LogP contribution in [0.2, 0.25) is 0 Å². The Morgan fingerprint density at radius 1 is 1.25 bits per heavy atom. The van der Waals surface area contributed by atoms with Crippen LogP contribution in [-0.2, 0) is 17.5 Å². The zero-order chi connectivity index (χ0) is 20.5. The minimum Gasteiger partial charge on any atom is -0.462 e. The summed E-state index contributed by atoms with van der Waals surface area (Å²) >= 11 is 0. The van der Waals surface area contributed by atoms with E-state index in [2.05, 4.69) is 4.98 Å². The van der Waals surface area contributed by atoms with E-state index in [-0.39, 0.29) is 24.1 Å². The summed E-state index contributed by atoms with van der Waals surface area (Å²) in [6.07, 6.45) is -2.34. The van der Waals surface area contributed by atoms with Gasteiger partial charge in [-0.2, -0.15) is 13.2 Å². The number of halogens is 4. The van der Waals surface area contributed by atoms with Crippen LogP contribution in [0.3, 0.4) is 0 Å². The summed E-state index contributed by atoms with van der Waals surface area (Å²) < 4.78 is 59.5. The zero-order valence-corrected chi connectivity index (χ0v) is 14.6. The summed E-state index contributed by atoms with van der Waals surface area (Å²) in [4.78, 5) is 28.8. The summed E-state index contributed by atoms with van der Waals surface area (Å²) in [7, 11) is 0. The second-order valence-corrected chi connectivity index (χ2v) is 5.89. The van der Waals surface area contributed by atoms with Gasteiger partial charge in [0.2, 0.25) is 5.43 Å². The molecule has 146 valence electrons. The number of nitrogens with zero attached hydrogens (tertiary/aromatic N) is 2. The molecule has 3 rings (SSSR count). The van der Waals surface area contributed by atoms with E-state index in [1.807, 2.05) is 0 Å². The van der Waals surface area contributed by atoms with E-state index in [0.717, 1.165) is 6.20 Å². The van der Waals surface area contributed by atoms with Gasteiger partial charge in [-0.05, 0) is 31.2 Å². The maximum absolute atomic E-state index is 14.0. The third-order valence-electron chi connectivity index (χ3n) is 4.03. The molecule has 9 heteroatoms. The average Bonchev–Trinajstić information content (AvgIpc) is 2.64. The number of fused-ring (bicyclic) bond motifs is 1. The lowest BCUT2D eigenvalue weighted by atomic mass is 10.1. The largest absolute Gasteiger partial charge is 0.462 e. The molecule has 0 radical (unpaired) electrons. The third kappa shape index (κ3) is 3.73. The second kappa shape index (κ2) is 7.41. The maximum Gasteiger partial charge on any atom is 0.419 e. The molecule has 0 atom stereocenters. The van der Waals surface area contributed by atoms with Crippen LogP contribution in [0.15, 0.2) is 47.5 Å². The van der Waals surface area contributed by atoms with Crippen molar-refractivity contribution in [3.63, 3.8) is 0 Å². The molecule has 0 aliphatic rings. The molecule has 0 saturated carbocycles. The number of benzene rings is 1. The molecule has 0 saturated heterocycles. The van der Waals surface area contributed by atoms with Gasteiger partial charge in [-0.1, -0.05) is 6.07 Å². The predicted octanol–water partition coefficient (Wildman–Crippen LogP) is 3.78. The topological polar surface area (TPSA) is 61.2 Å². The summed E-state index contributed by atoms with van der Waals surface area (Å²) in [6.45, 7) is 1.51. The van der Waals surface area contributed by atoms with Crippen LogP contribution in [0.4, 0.5) is 17.6 Å². The molecule has 0 bridgehead atoms. The highest BCUT2D eigenvalue weighted by Crippen LogP contribution is 2.33. The number of esters is 1. The molecule has 0 amide bonds. The molecule has 0 spiro atoms. The lowest BCUT2D eigenvalue weighted by Crippen LogP contribution is -2.22. The first-order chi connectivity index (χ1) is 13.2. The first-order valence-electron chi connectivity index (χ1n) is 8.23. The quantitative estimate of drug-likeness (QED) is 0.499. The number of carbonyl (C=O) groups excluding carboxylic acids is 1. The smallest absolute Gasteiger partial charge is 0.419 e. The molecule has 2 heterocycles. The molecule has 0 aliphatic heterocycles. The van der Waals surface area contributed by atoms with Gasteiger partial charge in [0, 0.05) is 17.8 Å². The Morgan fingerprint density at radius 2 is 2.00 bits per heavy atom. The minimum atomic E-state index is -4.94. The van der Waals surface area contributed by atoms with Crippen LogP contribution in [0.25, 0.3) is 10.9 Å². The number of hydrogen-bond donors (Lipinski definition) is 0. The summed E-state index contributed by atoms with van der Waals surface area (Å²) in [5, 5.41) is -0.355. The van der Waals surface area contributed by atoms with Gasteiger partial charge in [-0.3, -0.25) is 9.78 Å². The third-order valence-corrected chi connectivity index (χ3v) is 4.03. The molecule has 0 aliphatic carbocycles. The van der Waals surface area contributed by atoms with Crippen LogP contribution in [0.1, 0.15) is 28.5 Å². The number of alkyl halides is 3. The standard InChI is InChI=1S/C19H14F4N2O3/c1-2-28-18(27)13-10-25(9-11-5-3-4-6-24-11)16-8-14(19(21,22)23)15(20)7-12(16)17(13)26/h3-8,10H,2,9H2,1H3. The van der Waals surface area contributed by atoms with Gasteiger partial charge in [-0.25, -0.2) is 9.18 Å². The zero-order valence-electron chi connectivity index (χ0n) is 14.6. The SMILES string of the molecule is CCOC(=O)c1cn(Cc2ccccn2)c2cc(C(F)(F)F)c(F)cc2c1=O. The van der Waals surface area contributed by atoms with E-state index < -0.39 is 34.5 Å². The Morgan fingerprint density at radius 3 is 2.61 bits per heavy atom. The molecule has 3 aromatic rings. The van der Waals surface area contributed by atoms with Crippen molar-refractivity contribution in [1.29, 1.82) is 0 Å². The van der Waals surface area contributed by atoms with Gasteiger partial charge in [0.1, 0.15) is 11.4 Å². The highest BCUT2D eigenvalue weighted by atomic mass is 19.4. The average molecular weight is 394 g/mol. The van der Waals surface area contributed by atoms with E-state index in [9.17, 15) is 27.2 Å². The molecular formula is C19H14F4N2O3. The summed E-state index contributed by atoms with van der Waals surface area (Å²) in [6, 6.07) is 6.03. The summed E-state index contributed by atoms with van der Waals surface area (Å²) in [5.74, 6) is -2.54. The highest BCUT2D eigenvalue weighted by Gasteiger charge is 2.35. The van der Waals surface area contributed by atoms with Gasteiger partial charge in [0.25, 0.3) is 0 Å². The van der Waals surface area contributed by atoms with Crippen molar-refractivity contribution >= 4 is 16.9 Å². The van der Waals surface area contributed by atoms with E-state index in [0.29, 0.717) is 17.8 Å². The van der Waals surface area contributed by atoms with Crippen LogP contribution >= 0.6 is 0 Å². The second-order valence-electron chi connectivity index (χ2n) is 5.89. The molecule has 2 aromatic heterocycles. The fraction of sp³-hybridized carbons (Fsp3) is 0.211. The first-order valence-corrected chi connectivity index (χ1v) is 8.23. The lowest BCUT2D eigenvalue weighted by Gasteiger charge is -2.15. The van der Waals surface area contributed by atoms with Crippen LogP contribution in [0.5, 0.6) is 0 Å². The van der Waals surface area contributed by atoms with Crippen molar-refractivity contribution in [1.82, 2.24) is 9.55 Å². The molecule has 0 fully saturated rings. The normalized spacial score (nSPS) is 11.6. The predicted molar refractivity (Wildman–Crippen MR) is 92.5 cm³/mol. The number of carbonyl (C=O) groups is 1. The van der Waals surface area contributed by atoms with Gasteiger partial charge >= 0.3 is 12.1 Å². The fourth-order valence-electron chi connectivity index (χ4n) is 2.78. The van der Waals surface area contributed by atoms with Crippen molar-refractivity contribution in [2.24, 2.45) is 0 Å². The molecular weight excluding hydrogens is 380 g/mol. The van der Waals surface area contributed by atoms with Gasteiger partial charge < -0.3 is 9.30 Å². The van der Waals surface area contributed by atoms with Gasteiger partial charge in [-0.15, -0.1) is 0 Å². The molecule has 0 unspecified atom stereocenters. The molecule has 28 heavy (non-hydrogen) atoms.